The van der Waals surface area contributed by atoms with Gasteiger partial charge in [-0.2, -0.15) is 0 Å². The highest BCUT2D eigenvalue weighted by atomic mass is 35.5. The Bertz CT molecular complexity index is 697. The number of piperidine rings is 1. The first kappa shape index (κ1) is 15.3. The number of benzene rings is 1. The summed E-state index contributed by atoms with van der Waals surface area (Å²) in [6.45, 7) is 1.64. The van der Waals surface area contributed by atoms with Gasteiger partial charge in [-0.1, -0.05) is 35.3 Å². The van der Waals surface area contributed by atoms with Gasteiger partial charge < -0.3 is 4.90 Å². The summed E-state index contributed by atoms with van der Waals surface area (Å²) in [4.78, 5) is 18.7. The zero-order valence-corrected chi connectivity index (χ0v) is 13.6. The van der Waals surface area contributed by atoms with Gasteiger partial charge in [-0.15, -0.1) is 0 Å². The third-order valence-corrected chi connectivity index (χ3v) is 4.71. The number of nitrogens with zero attached hydrogens (tertiary/aromatic N) is 2. The molecule has 22 heavy (non-hydrogen) atoms. The lowest BCUT2D eigenvalue weighted by molar-refractivity contribution is 0.0724. The van der Waals surface area contributed by atoms with E-state index in [1.165, 1.54) is 6.42 Å². The summed E-state index contributed by atoms with van der Waals surface area (Å²) in [5.41, 5.74) is 2.18. The third-order valence-electron chi connectivity index (χ3n) is 3.89. The van der Waals surface area contributed by atoms with E-state index >= 15 is 0 Å². The summed E-state index contributed by atoms with van der Waals surface area (Å²) in [7, 11) is 0. The number of pyridine rings is 1. The number of carbonyl (C=O) groups excluding carboxylic acids is 1. The maximum atomic E-state index is 12.6. The lowest BCUT2D eigenvalue weighted by Gasteiger charge is -2.26. The number of halogens is 2. The van der Waals surface area contributed by atoms with Crippen LogP contribution in [0.25, 0.3) is 11.1 Å². The molecule has 0 saturated carbocycles. The SMILES string of the molecule is O=C(c1cncc(-c2cccc(Cl)c2Cl)c1)N1CCCCC1. The van der Waals surface area contributed by atoms with E-state index in [0.29, 0.717) is 15.6 Å². The van der Waals surface area contributed by atoms with Gasteiger partial charge in [-0.3, -0.25) is 9.78 Å². The van der Waals surface area contributed by atoms with E-state index in [2.05, 4.69) is 4.98 Å². The number of hydrogen-bond acceptors (Lipinski definition) is 2. The molecular formula is C17H16Cl2N2O. The number of hydrogen-bond donors (Lipinski definition) is 0. The number of amides is 1. The highest BCUT2D eigenvalue weighted by Gasteiger charge is 2.19. The fourth-order valence-electron chi connectivity index (χ4n) is 2.71. The van der Waals surface area contributed by atoms with Crippen LogP contribution in [0.5, 0.6) is 0 Å². The van der Waals surface area contributed by atoms with Crippen molar-refractivity contribution in [2.75, 3.05) is 13.1 Å². The molecule has 0 radical (unpaired) electrons. The standard InChI is InChI=1S/C17H16Cl2N2O/c18-15-6-4-5-14(16(15)19)12-9-13(11-20-10-12)17(22)21-7-2-1-3-8-21/h4-6,9-11H,1-3,7-8H2. The van der Waals surface area contributed by atoms with Gasteiger partial charge in [0.2, 0.25) is 0 Å². The van der Waals surface area contributed by atoms with E-state index < -0.39 is 0 Å². The Labute approximate surface area is 139 Å². The smallest absolute Gasteiger partial charge is 0.255 e. The molecule has 1 fully saturated rings. The predicted molar refractivity (Wildman–Crippen MR) is 89.4 cm³/mol. The molecule has 1 aliphatic rings. The van der Waals surface area contributed by atoms with Crippen molar-refractivity contribution in [3.8, 4) is 11.1 Å². The summed E-state index contributed by atoms with van der Waals surface area (Å²) >= 11 is 12.3. The molecule has 1 aromatic carbocycles. The van der Waals surface area contributed by atoms with E-state index in [1.807, 2.05) is 23.1 Å². The van der Waals surface area contributed by atoms with E-state index in [-0.39, 0.29) is 5.91 Å². The molecule has 3 rings (SSSR count). The van der Waals surface area contributed by atoms with Gasteiger partial charge in [0, 0.05) is 36.6 Å². The maximum Gasteiger partial charge on any atom is 0.255 e. The van der Waals surface area contributed by atoms with Gasteiger partial charge in [0.1, 0.15) is 0 Å². The summed E-state index contributed by atoms with van der Waals surface area (Å²) in [6, 6.07) is 7.29. The minimum atomic E-state index is 0.0344. The molecule has 0 unspecified atom stereocenters. The monoisotopic (exact) mass is 334 g/mol. The zero-order chi connectivity index (χ0) is 15.5. The summed E-state index contributed by atoms with van der Waals surface area (Å²) in [6.07, 6.45) is 6.64. The molecule has 0 bridgehead atoms. The van der Waals surface area contributed by atoms with E-state index in [9.17, 15) is 4.79 Å². The van der Waals surface area contributed by atoms with Crippen molar-refractivity contribution >= 4 is 29.1 Å². The number of carbonyl (C=O) groups is 1. The lowest BCUT2D eigenvalue weighted by atomic mass is 10.0. The molecule has 3 nitrogen and oxygen atoms in total. The number of likely N-dealkylation sites (tertiary alicyclic amines) is 1. The van der Waals surface area contributed by atoms with Crippen LogP contribution in [0.15, 0.2) is 36.7 Å². The van der Waals surface area contributed by atoms with Gasteiger partial charge in [0.05, 0.1) is 15.6 Å². The second-order valence-corrected chi connectivity index (χ2v) is 6.20. The average Bonchev–Trinajstić information content (AvgIpc) is 2.57. The third kappa shape index (κ3) is 3.11. The minimum Gasteiger partial charge on any atom is -0.339 e. The van der Waals surface area contributed by atoms with Crippen molar-refractivity contribution in [3.05, 3.63) is 52.3 Å². The molecule has 5 heteroatoms. The summed E-state index contributed by atoms with van der Waals surface area (Å²) in [5, 5.41) is 0.973. The van der Waals surface area contributed by atoms with Crippen LogP contribution in [-0.4, -0.2) is 28.9 Å². The van der Waals surface area contributed by atoms with Crippen LogP contribution < -0.4 is 0 Å². The average molecular weight is 335 g/mol. The fraction of sp³-hybridized carbons (Fsp3) is 0.294. The Morgan fingerprint density at radius 2 is 1.86 bits per heavy atom. The first-order valence-corrected chi connectivity index (χ1v) is 8.11. The Morgan fingerprint density at radius 3 is 2.64 bits per heavy atom. The van der Waals surface area contributed by atoms with Crippen LogP contribution in [0.2, 0.25) is 10.0 Å². The molecule has 1 amide bonds. The minimum absolute atomic E-state index is 0.0344. The van der Waals surface area contributed by atoms with Gasteiger partial charge in [0.25, 0.3) is 5.91 Å². The van der Waals surface area contributed by atoms with Crippen molar-refractivity contribution in [2.24, 2.45) is 0 Å². The Morgan fingerprint density at radius 1 is 1.09 bits per heavy atom. The predicted octanol–water partition coefficient (Wildman–Crippen LogP) is 4.68. The second-order valence-electron chi connectivity index (χ2n) is 5.42. The Kier molecular flexibility index (Phi) is 4.65. The van der Waals surface area contributed by atoms with Crippen molar-refractivity contribution in [1.29, 1.82) is 0 Å². The first-order valence-electron chi connectivity index (χ1n) is 7.35. The van der Waals surface area contributed by atoms with E-state index in [1.54, 1.807) is 18.5 Å². The van der Waals surface area contributed by atoms with Gasteiger partial charge >= 0.3 is 0 Å². The molecule has 1 saturated heterocycles. The molecule has 114 valence electrons. The first-order chi connectivity index (χ1) is 10.7. The molecule has 0 N–H and O–H groups in total. The van der Waals surface area contributed by atoms with Crippen molar-refractivity contribution in [1.82, 2.24) is 9.88 Å². The van der Waals surface area contributed by atoms with Crippen molar-refractivity contribution < 1.29 is 4.79 Å². The maximum absolute atomic E-state index is 12.6. The molecule has 0 spiro atoms. The van der Waals surface area contributed by atoms with Gasteiger partial charge in [0.15, 0.2) is 0 Å². The fourth-order valence-corrected chi connectivity index (χ4v) is 3.12. The Hall–Kier alpha value is -1.58. The molecule has 2 aromatic rings. The highest BCUT2D eigenvalue weighted by Crippen LogP contribution is 2.33. The quantitative estimate of drug-likeness (QED) is 0.798. The van der Waals surface area contributed by atoms with E-state index in [0.717, 1.165) is 37.1 Å². The topological polar surface area (TPSA) is 33.2 Å². The molecule has 1 aromatic heterocycles. The second kappa shape index (κ2) is 6.67. The molecular weight excluding hydrogens is 319 g/mol. The van der Waals surface area contributed by atoms with Crippen LogP contribution in [-0.2, 0) is 0 Å². The number of rotatable bonds is 2. The number of aromatic nitrogens is 1. The van der Waals surface area contributed by atoms with Crippen LogP contribution in [0.1, 0.15) is 29.6 Å². The summed E-state index contributed by atoms with van der Waals surface area (Å²) in [5.74, 6) is 0.0344. The van der Waals surface area contributed by atoms with Gasteiger partial charge in [-0.05, 0) is 31.4 Å². The molecule has 2 heterocycles. The van der Waals surface area contributed by atoms with Crippen LogP contribution >= 0.6 is 23.2 Å². The van der Waals surface area contributed by atoms with E-state index in [4.69, 9.17) is 23.2 Å². The van der Waals surface area contributed by atoms with Crippen molar-refractivity contribution in [3.63, 3.8) is 0 Å². The van der Waals surface area contributed by atoms with Crippen molar-refractivity contribution in [2.45, 2.75) is 19.3 Å². The molecule has 0 atom stereocenters. The highest BCUT2D eigenvalue weighted by molar-refractivity contribution is 6.43. The van der Waals surface area contributed by atoms with Crippen LogP contribution in [0.3, 0.4) is 0 Å². The summed E-state index contributed by atoms with van der Waals surface area (Å²) < 4.78 is 0. The Balaban J connectivity index is 1.92. The normalized spacial score (nSPS) is 14.9. The molecule has 0 aliphatic carbocycles. The van der Waals surface area contributed by atoms with Crippen LogP contribution in [0, 0.1) is 0 Å². The van der Waals surface area contributed by atoms with Gasteiger partial charge in [-0.25, -0.2) is 0 Å². The zero-order valence-electron chi connectivity index (χ0n) is 12.1. The largest absolute Gasteiger partial charge is 0.339 e. The van der Waals surface area contributed by atoms with Crippen LogP contribution in [0.4, 0.5) is 0 Å². The lowest BCUT2D eigenvalue weighted by Crippen LogP contribution is -2.35. The molecule has 1 aliphatic heterocycles.